The smallest absolute Gasteiger partial charge is 0.220 e. The van der Waals surface area contributed by atoms with Gasteiger partial charge in [0.1, 0.15) is 73.2 Å². The zero-order chi connectivity index (χ0) is 52.7. The molecule has 0 aliphatic carbocycles. The van der Waals surface area contributed by atoms with Gasteiger partial charge in [0.2, 0.25) is 5.91 Å². The Hall–Kier alpha value is -1.04. The van der Waals surface area contributed by atoms with Crippen molar-refractivity contribution in [2.75, 3.05) is 26.4 Å². The third-order valence-corrected chi connectivity index (χ3v) is 14.4. The first-order chi connectivity index (χ1) is 34.8. The number of unbranched alkanes of at least 4 members (excludes halogenated alkanes) is 23. The van der Waals surface area contributed by atoms with Crippen LogP contribution in [0.25, 0.3) is 0 Å². The number of hydrogen-bond acceptors (Lipinski definition) is 18. The van der Waals surface area contributed by atoms with E-state index in [1.54, 1.807) is 6.08 Å². The van der Waals surface area contributed by atoms with Crippen LogP contribution < -0.4 is 5.32 Å². The lowest BCUT2D eigenvalue weighted by Crippen LogP contribution is -2.66. The van der Waals surface area contributed by atoms with Crippen molar-refractivity contribution in [2.24, 2.45) is 0 Å². The molecule has 3 aliphatic heterocycles. The van der Waals surface area contributed by atoms with E-state index in [1.807, 2.05) is 15.5 Å². The van der Waals surface area contributed by atoms with Crippen molar-refractivity contribution in [1.82, 2.24) is 5.32 Å². The van der Waals surface area contributed by atoms with Crippen molar-refractivity contribution in [3.8, 4) is 0 Å². The molecule has 0 aromatic heterocycles. The van der Waals surface area contributed by atoms with E-state index in [1.165, 1.54) is 109 Å². The number of carbonyl (C=O) groups excluding carboxylic acids is 1. The second kappa shape index (κ2) is 38.5. The molecule has 3 heterocycles. The van der Waals surface area contributed by atoms with E-state index in [0.29, 0.717) is 6.42 Å². The van der Waals surface area contributed by atoms with Crippen LogP contribution in [0.15, 0.2) is 12.2 Å². The fourth-order valence-electron chi connectivity index (χ4n) is 9.57. The molecule has 3 aliphatic rings. The predicted octanol–water partition coefficient (Wildman–Crippen LogP) is 3.85. The number of carbonyl (C=O) groups is 1. The molecule has 0 aromatic carbocycles. The third-order valence-electron chi connectivity index (χ3n) is 14.2. The van der Waals surface area contributed by atoms with Gasteiger partial charge in [-0.05, 0) is 19.3 Å². The van der Waals surface area contributed by atoms with E-state index < -0.39 is 117 Å². The van der Waals surface area contributed by atoms with Gasteiger partial charge in [0.15, 0.2) is 18.9 Å². The standard InChI is InChI=1S/C52H98NO18P/c1-3-5-7-9-11-13-15-17-19-21-23-25-27-29-36(56)35(53-40(57)30-28-26-24-22-20-18-16-14-12-10-8-6-4-2)33-65-50-46(63)43(60)48(38(32-55)68-50)70-52-47(64)44(61)49(39(69-52)34-66-72)71-51-45(62)42(59)41(58)37(31-54)67-51/h27,29,35-39,41-52,54-56,58-64H,3-26,28,30-34,72H2,1-2H3,(H,53,57)/t35-,36+,37?,38?,39?,41-,42-,43+,44+,45?,46?,47?,48-,49-,50+,51-,52-/m0/s1. The van der Waals surface area contributed by atoms with Crippen LogP contribution >= 0.6 is 9.47 Å². The van der Waals surface area contributed by atoms with Crippen LogP contribution in [-0.2, 0) is 37.7 Å². The minimum absolute atomic E-state index is 0.255. The molecule has 424 valence electrons. The molecule has 0 spiro atoms. The van der Waals surface area contributed by atoms with Crippen LogP contribution in [0.2, 0.25) is 0 Å². The summed E-state index contributed by atoms with van der Waals surface area (Å²) in [5.74, 6) is -0.268. The van der Waals surface area contributed by atoms with Crippen molar-refractivity contribution in [3.05, 3.63) is 12.2 Å². The highest BCUT2D eigenvalue weighted by Gasteiger charge is 2.53. The molecule has 0 radical (unpaired) electrons. The Balaban J connectivity index is 1.57. The Bertz CT molecular complexity index is 1390. The molecule has 3 fully saturated rings. The van der Waals surface area contributed by atoms with Crippen molar-refractivity contribution >= 4 is 15.4 Å². The number of ether oxygens (including phenoxy) is 6. The Kier molecular flexibility index (Phi) is 34.9. The zero-order valence-corrected chi connectivity index (χ0v) is 44.7. The number of aliphatic hydroxyl groups excluding tert-OH is 10. The van der Waals surface area contributed by atoms with Gasteiger partial charge in [0.25, 0.3) is 0 Å². The fraction of sp³-hybridized carbons (Fsp3) is 0.942. The van der Waals surface area contributed by atoms with Crippen molar-refractivity contribution in [2.45, 2.75) is 285 Å². The number of amides is 1. The van der Waals surface area contributed by atoms with Gasteiger partial charge in [0, 0.05) is 15.9 Å². The Morgan fingerprint density at radius 3 is 1.44 bits per heavy atom. The van der Waals surface area contributed by atoms with Gasteiger partial charge >= 0.3 is 0 Å². The SMILES string of the molecule is CCCCCCCCCCCCCC=C[C@@H](O)[C@H](CO[C@@H]1OC(CO)[C@H](O[C@@H]2OC(COP)[C@H](O[C@@H]3OC(CO)[C@H](O)[C@H](O)C3O)[C@H](O)C2O)[C@H](O)C1O)NC(=O)CCCCCCCCCCCCCCC. The average molecular weight is 1060 g/mol. The molecule has 0 bridgehead atoms. The van der Waals surface area contributed by atoms with Crippen LogP contribution in [0.4, 0.5) is 0 Å². The highest BCUT2D eigenvalue weighted by atomic mass is 31.0. The summed E-state index contributed by atoms with van der Waals surface area (Å²) >= 11 is 0. The number of hydrogen-bond donors (Lipinski definition) is 11. The van der Waals surface area contributed by atoms with Gasteiger partial charge in [-0.3, -0.25) is 4.79 Å². The van der Waals surface area contributed by atoms with Crippen LogP contribution in [0.5, 0.6) is 0 Å². The highest BCUT2D eigenvalue weighted by molar-refractivity contribution is 7.09. The fourth-order valence-corrected chi connectivity index (χ4v) is 9.76. The summed E-state index contributed by atoms with van der Waals surface area (Å²) in [4.78, 5) is 13.3. The molecule has 0 saturated carbocycles. The molecule has 72 heavy (non-hydrogen) atoms. The van der Waals surface area contributed by atoms with Crippen molar-refractivity contribution in [1.29, 1.82) is 0 Å². The second-order valence-corrected chi connectivity index (χ2v) is 20.5. The van der Waals surface area contributed by atoms with Gasteiger partial charge in [0.05, 0.1) is 38.6 Å². The van der Waals surface area contributed by atoms with E-state index in [0.717, 1.165) is 44.9 Å². The zero-order valence-electron chi connectivity index (χ0n) is 43.5. The summed E-state index contributed by atoms with van der Waals surface area (Å²) in [5.41, 5.74) is 0. The first-order valence-corrected chi connectivity index (χ1v) is 28.1. The lowest BCUT2D eigenvalue weighted by Gasteiger charge is -2.48. The summed E-state index contributed by atoms with van der Waals surface area (Å²) in [6, 6.07) is -0.955. The molecule has 3 rings (SSSR count). The molecular weight excluding hydrogens is 958 g/mol. The minimum atomic E-state index is -1.92. The molecule has 1 amide bonds. The molecular formula is C52H98NO18P. The Labute approximate surface area is 432 Å². The Morgan fingerprint density at radius 2 is 0.958 bits per heavy atom. The quantitative estimate of drug-likeness (QED) is 0.0236. The van der Waals surface area contributed by atoms with E-state index in [-0.39, 0.29) is 25.5 Å². The maximum Gasteiger partial charge on any atom is 0.220 e. The van der Waals surface area contributed by atoms with E-state index in [9.17, 15) is 55.9 Å². The summed E-state index contributed by atoms with van der Waals surface area (Å²) < 4.78 is 39.9. The first kappa shape index (κ1) is 65.2. The molecule has 0 aromatic rings. The number of nitrogens with one attached hydrogen (secondary N) is 1. The van der Waals surface area contributed by atoms with Crippen LogP contribution in [0.3, 0.4) is 0 Å². The summed E-state index contributed by atoms with van der Waals surface area (Å²) in [7, 11) is 1.98. The van der Waals surface area contributed by atoms with Crippen LogP contribution in [0.1, 0.15) is 181 Å². The van der Waals surface area contributed by atoms with Gasteiger partial charge in [-0.1, -0.05) is 167 Å². The molecule has 19 nitrogen and oxygen atoms in total. The highest BCUT2D eigenvalue weighted by Crippen LogP contribution is 2.33. The second-order valence-electron chi connectivity index (χ2n) is 20.2. The predicted molar refractivity (Wildman–Crippen MR) is 272 cm³/mol. The van der Waals surface area contributed by atoms with Gasteiger partial charge < -0.3 is 89.3 Å². The van der Waals surface area contributed by atoms with E-state index >= 15 is 0 Å². The van der Waals surface area contributed by atoms with Crippen LogP contribution in [0, 0.1) is 0 Å². The largest absolute Gasteiger partial charge is 0.394 e. The maximum absolute atomic E-state index is 13.3. The molecule has 18 atom stereocenters. The summed E-state index contributed by atoms with van der Waals surface area (Å²) in [6.07, 6.45) is 7.26. The minimum Gasteiger partial charge on any atom is -0.394 e. The van der Waals surface area contributed by atoms with Crippen LogP contribution in [-0.4, -0.2) is 188 Å². The molecule has 20 heteroatoms. The van der Waals surface area contributed by atoms with E-state index in [4.69, 9.17) is 32.9 Å². The van der Waals surface area contributed by atoms with Gasteiger partial charge in [-0.25, -0.2) is 0 Å². The molecule has 7 unspecified atom stereocenters. The maximum atomic E-state index is 13.3. The number of rotatable bonds is 40. The lowest BCUT2D eigenvalue weighted by molar-refractivity contribution is -0.379. The van der Waals surface area contributed by atoms with Crippen molar-refractivity contribution in [3.63, 3.8) is 0 Å². The summed E-state index contributed by atoms with van der Waals surface area (Å²) in [5, 5.41) is 110. The lowest BCUT2D eigenvalue weighted by atomic mass is 9.96. The average Bonchev–Trinajstić information content (AvgIpc) is 3.37. The molecule has 3 saturated heterocycles. The van der Waals surface area contributed by atoms with Crippen molar-refractivity contribution < 1.29 is 88.8 Å². The topological polar surface area (TPSA) is 296 Å². The summed E-state index contributed by atoms with van der Waals surface area (Å²) in [6.45, 7) is 2.29. The number of aliphatic hydroxyl groups is 10. The number of allylic oxidation sites excluding steroid dienone is 1. The van der Waals surface area contributed by atoms with E-state index in [2.05, 4.69) is 19.2 Å². The van der Waals surface area contributed by atoms with Gasteiger partial charge in [-0.15, -0.1) is 0 Å². The monoisotopic (exact) mass is 1060 g/mol. The van der Waals surface area contributed by atoms with Gasteiger partial charge in [-0.2, -0.15) is 0 Å². The Morgan fingerprint density at radius 1 is 0.542 bits per heavy atom. The molecule has 11 N–H and O–H groups in total. The normalized spacial score (nSPS) is 32.0. The third kappa shape index (κ3) is 23.3. The first-order valence-electron chi connectivity index (χ1n) is 27.7.